The van der Waals surface area contributed by atoms with E-state index in [0.29, 0.717) is 11.4 Å². The first kappa shape index (κ1) is 9.74. The molecule has 2 aliphatic rings. The number of fused-ring (bicyclic) bond motifs is 1. The summed E-state index contributed by atoms with van der Waals surface area (Å²) in [6.07, 6.45) is -0.137. The summed E-state index contributed by atoms with van der Waals surface area (Å²) >= 11 is 3.47. The van der Waals surface area contributed by atoms with Gasteiger partial charge in [0.25, 0.3) is 0 Å². The van der Waals surface area contributed by atoms with Crippen molar-refractivity contribution in [2.24, 2.45) is 0 Å². The first-order valence-corrected chi connectivity index (χ1v) is 4.38. The van der Waals surface area contributed by atoms with Crippen molar-refractivity contribution in [3.8, 4) is 0 Å². The second-order valence-electron chi connectivity index (χ2n) is 2.82. The summed E-state index contributed by atoms with van der Waals surface area (Å²) in [5.74, 6) is 0. The Bertz CT molecular complexity index is 133. The highest BCUT2D eigenvalue weighted by atomic mass is 79.9. The Kier molecular flexibility index (Phi) is 3.17. The zero-order valence-electron chi connectivity index (χ0n) is 5.87. The van der Waals surface area contributed by atoms with Gasteiger partial charge >= 0.3 is 0 Å². The van der Waals surface area contributed by atoms with Gasteiger partial charge in [-0.2, -0.15) is 0 Å². The van der Waals surface area contributed by atoms with Crippen molar-refractivity contribution in [2.75, 3.05) is 13.2 Å². The molecule has 2 saturated heterocycles. The fourth-order valence-electron chi connectivity index (χ4n) is 1.58. The fourth-order valence-corrected chi connectivity index (χ4v) is 2.25. The number of nitrogens with one attached hydrogen (secondary N) is 1. The summed E-state index contributed by atoms with van der Waals surface area (Å²) in [7, 11) is 0. The molecule has 5 heteroatoms. The monoisotopic (exact) mass is 243 g/mol. The number of rotatable bonds is 0. The molecule has 0 aromatic heterocycles. The van der Waals surface area contributed by atoms with Crippen molar-refractivity contribution < 1.29 is 9.84 Å². The molecule has 2 aliphatic heterocycles. The van der Waals surface area contributed by atoms with Crippen LogP contribution in [-0.2, 0) is 4.74 Å². The number of ether oxygens (including phenoxy) is 1. The van der Waals surface area contributed by atoms with Crippen molar-refractivity contribution in [2.45, 2.75) is 23.1 Å². The van der Waals surface area contributed by atoms with Gasteiger partial charge in [0.1, 0.15) is 0 Å². The molecular weight excluding hydrogens is 233 g/mol. The van der Waals surface area contributed by atoms with Crippen molar-refractivity contribution in [1.82, 2.24) is 5.32 Å². The van der Waals surface area contributed by atoms with Crippen LogP contribution in [0.4, 0.5) is 0 Å². The summed E-state index contributed by atoms with van der Waals surface area (Å²) < 4.78 is 5.34. The molecule has 0 aliphatic carbocycles. The van der Waals surface area contributed by atoms with E-state index in [1.165, 1.54) is 0 Å². The van der Waals surface area contributed by atoms with Gasteiger partial charge in [0.05, 0.1) is 29.7 Å². The molecule has 0 saturated carbocycles. The minimum atomic E-state index is -0.312. The Morgan fingerprint density at radius 2 is 2.27 bits per heavy atom. The second kappa shape index (κ2) is 3.58. The molecule has 0 aromatic carbocycles. The third kappa shape index (κ3) is 1.55. The van der Waals surface area contributed by atoms with E-state index in [4.69, 9.17) is 4.74 Å². The number of alkyl halides is 1. The molecule has 2 fully saturated rings. The van der Waals surface area contributed by atoms with Gasteiger partial charge in [-0.05, 0) is 0 Å². The van der Waals surface area contributed by atoms with Gasteiger partial charge in [-0.1, -0.05) is 15.9 Å². The lowest BCUT2D eigenvalue weighted by atomic mass is 10.1. The summed E-state index contributed by atoms with van der Waals surface area (Å²) in [5, 5.41) is 12.5. The minimum absolute atomic E-state index is 0. The minimum Gasteiger partial charge on any atom is -0.389 e. The van der Waals surface area contributed by atoms with Crippen LogP contribution in [0, 0.1) is 0 Å². The maximum Gasteiger partial charge on any atom is 0.0952 e. The predicted octanol–water partition coefficient (Wildman–Crippen LogP) is -0.0968. The molecule has 11 heavy (non-hydrogen) atoms. The molecule has 2 N–H and O–H groups in total. The average molecular weight is 245 g/mol. The van der Waals surface area contributed by atoms with Gasteiger partial charge in [0.15, 0.2) is 0 Å². The van der Waals surface area contributed by atoms with Gasteiger partial charge in [-0.25, -0.2) is 0 Å². The smallest absolute Gasteiger partial charge is 0.0952 e. The predicted molar refractivity (Wildman–Crippen MR) is 47.5 cm³/mol. The van der Waals surface area contributed by atoms with Crippen LogP contribution in [0.5, 0.6) is 0 Å². The molecule has 2 heterocycles. The van der Waals surface area contributed by atoms with Crippen LogP contribution in [0.25, 0.3) is 0 Å². The standard InChI is InChI=1S/C6H10BrNO2.ClH/c7-3-1-8-5-4(9)2-10-6(3)5;/h3-6,8-9H,1-2H2;1H/t3-,4-,5+,6-;/m0./s1. The lowest BCUT2D eigenvalue weighted by Crippen LogP contribution is -2.36. The SMILES string of the molecule is Cl.O[C@H]1CO[C@@H]2[C@@H]1NC[C@@H]2Br. The third-order valence-corrected chi connectivity index (χ3v) is 2.98. The lowest BCUT2D eigenvalue weighted by molar-refractivity contribution is 0.0905. The van der Waals surface area contributed by atoms with Gasteiger partial charge in [0, 0.05) is 6.54 Å². The Balaban J connectivity index is 0.000000605. The Labute approximate surface area is 80.0 Å². The first-order valence-electron chi connectivity index (χ1n) is 3.46. The number of aliphatic hydroxyl groups is 1. The van der Waals surface area contributed by atoms with E-state index in [1.807, 2.05) is 0 Å². The summed E-state index contributed by atoms with van der Waals surface area (Å²) in [6.45, 7) is 1.37. The van der Waals surface area contributed by atoms with Crippen LogP contribution in [0.15, 0.2) is 0 Å². The first-order chi connectivity index (χ1) is 4.79. The van der Waals surface area contributed by atoms with E-state index >= 15 is 0 Å². The van der Waals surface area contributed by atoms with Gasteiger partial charge in [0.2, 0.25) is 0 Å². The highest BCUT2D eigenvalue weighted by molar-refractivity contribution is 9.09. The van der Waals surface area contributed by atoms with Crippen molar-refractivity contribution in [1.29, 1.82) is 0 Å². The van der Waals surface area contributed by atoms with Crippen molar-refractivity contribution in [3.05, 3.63) is 0 Å². The molecule has 4 atom stereocenters. The number of hydrogen-bond donors (Lipinski definition) is 2. The quantitative estimate of drug-likeness (QED) is 0.585. The van der Waals surface area contributed by atoms with Crippen LogP contribution in [0.3, 0.4) is 0 Å². The Morgan fingerprint density at radius 1 is 1.55 bits per heavy atom. The zero-order chi connectivity index (χ0) is 7.14. The maximum absolute atomic E-state index is 9.31. The van der Waals surface area contributed by atoms with Crippen LogP contribution in [-0.4, -0.2) is 41.3 Å². The maximum atomic E-state index is 9.31. The highest BCUT2D eigenvalue weighted by Crippen LogP contribution is 2.26. The fraction of sp³-hybridized carbons (Fsp3) is 1.00. The summed E-state index contributed by atoms with van der Waals surface area (Å²) in [6, 6.07) is 0.157. The van der Waals surface area contributed by atoms with Crippen LogP contribution < -0.4 is 5.32 Å². The van der Waals surface area contributed by atoms with Crippen LogP contribution >= 0.6 is 28.3 Å². The van der Waals surface area contributed by atoms with Gasteiger partial charge < -0.3 is 15.2 Å². The molecule has 0 aromatic rings. The molecule has 2 rings (SSSR count). The van der Waals surface area contributed by atoms with Gasteiger partial charge in [-0.3, -0.25) is 0 Å². The summed E-state index contributed by atoms with van der Waals surface area (Å²) in [5.41, 5.74) is 0. The van der Waals surface area contributed by atoms with E-state index < -0.39 is 0 Å². The second-order valence-corrected chi connectivity index (χ2v) is 3.99. The number of hydrogen-bond acceptors (Lipinski definition) is 3. The number of halogens is 2. The average Bonchev–Trinajstić information content (AvgIpc) is 2.41. The molecule has 0 bridgehead atoms. The topological polar surface area (TPSA) is 41.5 Å². The number of aliphatic hydroxyl groups excluding tert-OH is 1. The largest absolute Gasteiger partial charge is 0.389 e. The zero-order valence-corrected chi connectivity index (χ0v) is 8.27. The van der Waals surface area contributed by atoms with Crippen LogP contribution in [0.1, 0.15) is 0 Å². The highest BCUT2D eigenvalue weighted by Gasteiger charge is 2.44. The van der Waals surface area contributed by atoms with Crippen molar-refractivity contribution in [3.63, 3.8) is 0 Å². The molecule has 66 valence electrons. The van der Waals surface area contributed by atoms with E-state index in [1.54, 1.807) is 0 Å². The Hall–Kier alpha value is 0.650. The van der Waals surface area contributed by atoms with Crippen LogP contribution in [0.2, 0.25) is 0 Å². The van der Waals surface area contributed by atoms with Crippen molar-refractivity contribution >= 4 is 28.3 Å². The molecule has 0 radical (unpaired) electrons. The summed E-state index contributed by atoms with van der Waals surface area (Å²) in [4.78, 5) is 0.370. The third-order valence-electron chi connectivity index (χ3n) is 2.13. The van der Waals surface area contributed by atoms with Gasteiger partial charge in [-0.15, -0.1) is 12.4 Å². The Morgan fingerprint density at radius 3 is 2.91 bits per heavy atom. The molecule has 0 amide bonds. The molecular formula is C6H11BrClNO2. The molecule has 3 nitrogen and oxygen atoms in total. The van der Waals surface area contributed by atoms with E-state index in [9.17, 15) is 5.11 Å². The molecule has 0 unspecified atom stereocenters. The molecule has 0 spiro atoms. The normalized spacial score (nSPS) is 48.5. The van der Waals surface area contributed by atoms with E-state index in [-0.39, 0.29) is 30.7 Å². The van der Waals surface area contributed by atoms with E-state index in [0.717, 1.165) is 6.54 Å². The van der Waals surface area contributed by atoms with E-state index in [2.05, 4.69) is 21.2 Å². The lowest BCUT2D eigenvalue weighted by Gasteiger charge is -2.10.